The van der Waals surface area contributed by atoms with Crippen molar-refractivity contribution in [3.05, 3.63) is 29.3 Å². The Balaban J connectivity index is 0.00000145. The number of carboxylic acids is 1. The number of carboxylic acid groups (broad SMARTS) is 1. The third-order valence-corrected chi connectivity index (χ3v) is 6.95. The fraction of sp³-hybridized carbons (Fsp3) is 0.731. The van der Waals surface area contributed by atoms with E-state index in [9.17, 15) is 4.79 Å². The molecule has 0 saturated heterocycles. The summed E-state index contributed by atoms with van der Waals surface area (Å²) in [5.74, 6) is 3.20. The molecule has 0 aliphatic heterocycles. The molecule has 1 unspecified atom stereocenters. The zero-order valence-electron chi connectivity index (χ0n) is 19.1. The van der Waals surface area contributed by atoms with Crippen molar-refractivity contribution in [3.8, 4) is 5.75 Å². The van der Waals surface area contributed by atoms with Crippen LogP contribution < -0.4 is 4.74 Å². The molecule has 3 nitrogen and oxygen atoms in total. The average Bonchev–Trinajstić information content (AvgIpc) is 3.12. The van der Waals surface area contributed by atoms with Crippen LogP contribution in [0.1, 0.15) is 90.2 Å². The zero-order chi connectivity index (χ0) is 21.2. The van der Waals surface area contributed by atoms with Crippen LogP contribution in [0.4, 0.5) is 0 Å². The monoisotopic (exact) mass is 402 g/mol. The first kappa shape index (κ1) is 23.8. The SMILES string of the molecule is CC.CCCCCC(C)CC[C@H]1CC[C@@H]2Cc3c(cccc3OCC(=O)O)C[C@H]12. The molecule has 1 saturated carbocycles. The highest BCUT2D eigenvalue weighted by molar-refractivity contribution is 5.68. The van der Waals surface area contributed by atoms with Gasteiger partial charge in [-0.15, -0.1) is 0 Å². The van der Waals surface area contributed by atoms with Gasteiger partial charge in [0, 0.05) is 0 Å². The van der Waals surface area contributed by atoms with Gasteiger partial charge in [0.1, 0.15) is 5.75 Å². The number of rotatable bonds is 10. The van der Waals surface area contributed by atoms with Crippen molar-refractivity contribution in [1.82, 2.24) is 0 Å². The van der Waals surface area contributed by atoms with Crippen molar-refractivity contribution < 1.29 is 14.6 Å². The Hall–Kier alpha value is -1.51. The first-order valence-corrected chi connectivity index (χ1v) is 12.0. The van der Waals surface area contributed by atoms with Crippen molar-refractivity contribution in [3.63, 3.8) is 0 Å². The molecule has 1 aromatic rings. The molecule has 0 bridgehead atoms. The Bertz CT molecular complexity index is 624. The molecular weight excluding hydrogens is 360 g/mol. The maximum atomic E-state index is 10.9. The smallest absolute Gasteiger partial charge is 0.341 e. The van der Waals surface area contributed by atoms with Crippen molar-refractivity contribution in [1.29, 1.82) is 0 Å². The zero-order valence-corrected chi connectivity index (χ0v) is 19.1. The lowest BCUT2D eigenvalue weighted by Crippen LogP contribution is -2.26. The standard InChI is InChI=1S/C24H36O3.C2H6/c1-3-4-5-7-17(2)10-11-18-12-13-20-15-22-19(14-21(18)20)8-6-9-23(22)27-16-24(25)26;1-2/h6,8-9,17-18,20-21H,3-5,7,10-16H2,1-2H3,(H,25,26);1-2H3/t17?,18-,20+,21+;/m0./s1. The second kappa shape index (κ2) is 12.2. The minimum absolute atomic E-state index is 0.247. The molecule has 0 amide bonds. The van der Waals surface area contributed by atoms with E-state index in [4.69, 9.17) is 9.84 Å². The van der Waals surface area contributed by atoms with Gasteiger partial charge >= 0.3 is 5.97 Å². The Labute approximate surface area is 178 Å². The van der Waals surface area contributed by atoms with Gasteiger partial charge in [-0.25, -0.2) is 4.79 Å². The van der Waals surface area contributed by atoms with E-state index in [1.165, 1.54) is 62.5 Å². The van der Waals surface area contributed by atoms with Crippen LogP contribution >= 0.6 is 0 Å². The molecule has 164 valence electrons. The molecule has 4 atom stereocenters. The molecule has 0 aromatic heterocycles. The largest absolute Gasteiger partial charge is 0.482 e. The number of carbonyl (C=O) groups is 1. The summed E-state index contributed by atoms with van der Waals surface area (Å²) in [6.07, 6.45) is 13.2. The van der Waals surface area contributed by atoms with E-state index >= 15 is 0 Å². The molecular formula is C26H42O3. The quantitative estimate of drug-likeness (QED) is 0.432. The second-order valence-electron chi connectivity index (χ2n) is 8.92. The van der Waals surface area contributed by atoms with Crippen LogP contribution in [-0.2, 0) is 17.6 Å². The lowest BCUT2D eigenvalue weighted by Gasteiger charge is -2.32. The van der Waals surface area contributed by atoms with Gasteiger partial charge in [-0.2, -0.15) is 0 Å². The van der Waals surface area contributed by atoms with Gasteiger partial charge in [0.2, 0.25) is 0 Å². The summed E-state index contributed by atoms with van der Waals surface area (Å²) >= 11 is 0. The lowest BCUT2D eigenvalue weighted by molar-refractivity contribution is -0.139. The van der Waals surface area contributed by atoms with E-state index in [0.717, 1.165) is 42.3 Å². The third-order valence-electron chi connectivity index (χ3n) is 6.95. The van der Waals surface area contributed by atoms with Crippen LogP contribution in [0, 0.1) is 23.7 Å². The molecule has 0 radical (unpaired) electrons. The topological polar surface area (TPSA) is 46.5 Å². The molecule has 1 N–H and O–H groups in total. The summed E-state index contributed by atoms with van der Waals surface area (Å²) in [7, 11) is 0. The number of fused-ring (bicyclic) bond motifs is 2. The van der Waals surface area contributed by atoms with E-state index in [-0.39, 0.29) is 6.61 Å². The van der Waals surface area contributed by atoms with Gasteiger partial charge in [-0.05, 0) is 73.0 Å². The molecule has 29 heavy (non-hydrogen) atoms. The maximum Gasteiger partial charge on any atom is 0.341 e. The fourth-order valence-corrected chi connectivity index (χ4v) is 5.40. The summed E-state index contributed by atoms with van der Waals surface area (Å²) < 4.78 is 5.57. The lowest BCUT2D eigenvalue weighted by atomic mass is 9.73. The Morgan fingerprint density at radius 2 is 1.97 bits per heavy atom. The van der Waals surface area contributed by atoms with Gasteiger partial charge in [0.25, 0.3) is 0 Å². The highest BCUT2D eigenvalue weighted by atomic mass is 16.5. The van der Waals surface area contributed by atoms with Crippen molar-refractivity contribution in [2.45, 2.75) is 91.9 Å². The predicted octanol–water partition coefficient (Wildman–Crippen LogP) is 6.91. The Morgan fingerprint density at radius 3 is 2.69 bits per heavy atom. The van der Waals surface area contributed by atoms with Crippen LogP contribution in [0.2, 0.25) is 0 Å². The van der Waals surface area contributed by atoms with E-state index in [0.29, 0.717) is 0 Å². The van der Waals surface area contributed by atoms with Crippen molar-refractivity contribution in [2.75, 3.05) is 6.61 Å². The number of hydrogen-bond donors (Lipinski definition) is 1. The highest BCUT2D eigenvalue weighted by Crippen LogP contribution is 2.48. The van der Waals surface area contributed by atoms with Gasteiger partial charge in [0.05, 0.1) is 0 Å². The normalized spacial score (nSPS) is 23.4. The van der Waals surface area contributed by atoms with E-state index in [2.05, 4.69) is 19.9 Å². The van der Waals surface area contributed by atoms with E-state index in [1.54, 1.807) is 0 Å². The fourth-order valence-electron chi connectivity index (χ4n) is 5.40. The molecule has 3 rings (SSSR count). The highest BCUT2D eigenvalue weighted by Gasteiger charge is 2.39. The summed E-state index contributed by atoms with van der Waals surface area (Å²) in [6.45, 7) is 8.47. The number of benzene rings is 1. The second-order valence-corrected chi connectivity index (χ2v) is 8.92. The maximum absolute atomic E-state index is 10.9. The Morgan fingerprint density at radius 1 is 1.17 bits per heavy atom. The minimum Gasteiger partial charge on any atom is -0.482 e. The molecule has 2 aliphatic carbocycles. The number of hydrogen-bond acceptors (Lipinski definition) is 2. The molecule has 1 fully saturated rings. The van der Waals surface area contributed by atoms with E-state index < -0.39 is 5.97 Å². The van der Waals surface area contributed by atoms with Crippen molar-refractivity contribution >= 4 is 5.97 Å². The number of aliphatic carboxylic acids is 1. The summed E-state index contributed by atoms with van der Waals surface area (Å²) in [4.78, 5) is 10.9. The first-order chi connectivity index (χ1) is 14.1. The average molecular weight is 403 g/mol. The Kier molecular flexibility index (Phi) is 10.0. The van der Waals surface area contributed by atoms with Crippen LogP contribution in [0.3, 0.4) is 0 Å². The molecule has 0 heterocycles. The van der Waals surface area contributed by atoms with Crippen molar-refractivity contribution in [2.24, 2.45) is 23.7 Å². The number of unbranched alkanes of at least 4 members (excludes halogenated alkanes) is 2. The van der Waals surface area contributed by atoms with Gasteiger partial charge < -0.3 is 9.84 Å². The van der Waals surface area contributed by atoms with Crippen LogP contribution in [0.15, 0.2) is 18.2 Å². The van der Waals surface area contributed by atoms with E-state index in [1.807, 2.05) is 26.0 Å². The molecule has 3 heteroatoms. The van der Waals surface area contributed by atoms with Gasteiger partial charge in [-0.3, -0.25) is 0 Å². The van der Waals surface area contributed by atoms with Crippen LogP contribution in [0.5, 0.6) is 5.75 Å². The molecule has 1 aromatic carbocycles. The van der Waals surface area contributed by atoms with Crippen LogP contribution in [0.25, 0.3) is 0 Å². The molecule has 2 aliphatic rings. The third kappa shape index (κ3) is 6.76. The minimum atomic E-state index is -0.907. The summed E-state index contributed by atoms with van der Waals surface area (Å²) in [5.41, 5.74) is 2.66. The van der Waals surface area contributed by atoms with Gasteiger partial charge in [-0.1, -0.05) is 71.9 Å². The first-order valence-electron chi connectivity index (χ1n) is 12.0. The predicted molar refractivity (Wildman–Crippen MR) is 121 cm³/mol. The number of ether oxygens (including phenoxy) is 1. The van der Waals surface area contributed by atoms with Gasteiger partial charge in [0.15, 0.2) is 6.61 Å². The summed E-state index contributed by atoms with van der Waals surface area (Å²) in [6, 6.07) is 6.19. The molecule has 0 spiro atoms. The summed E-state index contributed by atoms with van der Waals surface area (Å²) in [5, 5.41) is 8.91. The van der Waals surface area contributed by atoms with Crippen LogP contribution in [-0.4, -0.2) is 17.7 Å².